The molecule has 0 saturated carbocycles. The largest absolute Gasteiger partial charge is 0.322 e. The van der Waals surface area contributed by atoms with Crippen molar-refractivity contribution in [2.45, 2.75) is 53.6 Å². The first-order valence-electron chi connectivity index (χ1n) is 6.49. The summed E-state index contributed by atoms with van der Waals surface area (Å²) >= 11 is 0. The third kappa shape index (κ3) is 3.49. The van der Waals surface area contributed by atoms with E-state index in [-0.39, 0.29) is 18.1 Å². The van der Waals surface area contributed by atoms with Gasteiger partial charge in [0.15, 0.2) is 0 Å². The molecule has 0 aliphatic heterocycles. The van der Waals surface area contributed by atoms with Gasteiger partial charge in [0.1, 0.15) is 0 Å². The Morgan fingerprint density at radius 3 is 2.17 bits per heavy atom. The normalized spacial score (nSPS) is 10.9. The number of hydrogen-bond donors (Lipinski definition) is 1. The zero-order valence-electron chi connectivity index (χ0n) is 12.2. The zero-order valence-corrected chi connectivity index (χ0v) is 12.2. The van der Waals surface area contributed by atoms with Crippen molar-refractivity contribution in [2.24, 2.45) is 0 Å². The van der Waals surface area contributed by atoms with Crippen LogP contribution in [-0.2, 0) is 0 Å². The number of urea groups is 1. The highest BCUT2D eigenvalue weighted by molar-refractivity contribution is 5.90. The van der Waals surface area contributed by atoms with Crippen molar-refractivity contribution in [1.29, 1.82) is 0 Å². The van der Waals surface area contributed by atoms with Crippen LogP contribution in [0.5, 0.6) is 0 Å². The highest BCUT2D eigenvalue weighted by Gasteiger charge is 2.20. The number of hydrogen-bond acceptors (Lipinski definition) is 1. The van der Waals surface area contributed by atoms with Crippen LogP contribution in [0.15, 0.2) is 18.2 Å². The first kappa shape index (κ1) is 14.6. The van der Waals surface area contributed by atoms with Crippen molar-refractivity contribution in [2.75, 3.05) is 5.32 Å². The summed E-state index contributed by atoms with van der Waals surface area (Å²) in [6, 6.07) is 6.43. The summed E-state index contributed by atoms with van der Waals surface area (Å²) < 4.78 is 0. The molecule has 0 radical (unpaired) electrons. The van der Waals surface area contributed by atoms with Gasteiger partial charge in [-0.15, -0.1) is 0 Å². The molecule has 0 aliphatic rings. The quantitative estimate of drug-likeness (QED) is 0.863. The van der Waals surface area contributed by atoms with Crippen molar-refractivity contribution in [3.63, 3.8) is 0 Å². The van der Waals surface area contributed by atoms with Crippen LogP contribution in [0.1, 0.15) is 38.8 Å². The molecule has 1 rings (SSSR count). The van der Waals surface area contributed by atoms with E-state index in [4.69, 9.17) is 0 Å². The maximum absolute atomic E-state index is 12.3. The van der Waals surface area contributed by atoms with Crippen molar-refractivity contribution in [1.82, 2.24) is 4.90 Å². The minimum absolute atomic E-state index is 0.0336. The average Bonchev–Trinajstić information content (AvgIpc) is 2.22. The van der Waals surface area contributed by atoms with E-state index in [1.807, 2.05) is 64.6 Å². The lowest BCUT2D eigenvalue weighted by Gasteiger charge is -2.31. The molecule has 0 heterocycles. The molecule has 0 aliphatic carbocycles. The number of anilines is 1. The third-order valence-electron chi connectivity index (χ3n) is 2.98. The number of aryl methyl sites for hydroxylation is 2. The maximum Gasteiger partial charge on any atom is 0.322 e. The molecule has 0 aromatic heterocycles. The molecule has 0 atom stereocenters. The van der Waals surface area contributed by atoms with Gasteiger partial charge in [0, 0.05) is 17.8 Å². The fourth-order valence-corrected chi connectivity index (χ4v) is 2.12. The molecular weight excluding hydrogens is 224 g/mol. The molecular formula is C15H24N2O. The van der Waals surface area contributed by atoms with Crippen LogP contribution in [0.2, 0.25) is 0 Å². The van der Waals surface area contributed by atoms with Crippen LogP contribution in [0.3, 0.4) is 0 Å². The van der Waals surface area contributed by atoms with Crippen LogP contribution in [0.25, 0.3) is 0 Å². The first-order chi connectivity index (χ1) is 8.32. The Kier molecular flexibility index (Phi) is 4.76. The van der Waals surface area contributed by atoms with Gasteiger partial charge in [0.2, 0.25) is 0 Å². The molecule has 0 saturated heterocycles. The summed E-state index contributed by atoms with van der Waals surface area (Å²) in [4.78, 5) is 14.1. The Bertz CT molecular complexity index is 417. The number of carbonyl (C=O) groups is 1. The fourth-order valence-electron chi connectivity index (χ4n) is 2.12. The summed E-state index contributed by atoms with van der Waals surface area (Å²) in [5, 5.41) is 3.00. The van der Waals surface area contributed by atoms with Gasteiger partial charge in [-0.25, -0.2) is 4.79 Å². The van der Waals surface area contributed by atoms with E-state index in [9.17, 15) is 4.79 Å². The topological polar surface area (TPSA) is 32.3 Å². The fraction of sp³-hybridized carbons (Fsp3) is 0.533. The molecule has 3 nitrogen and oxygen atoms in total. The predicted octanol–water partition coefficient (Wildman–Crippen LogP) is 3.95. The molecule has 0 bridgehead atoms. The predicted molar refractivity (Wildman–Crippen MR) is 77.0 cm³/mol. The summed E-state index contributed by atoms with van der Waals surface area (Å²) in [6.07, 6.45) is 0. The molecule has 100 valence electrons. The zero-order chi connectivity index (χ0) is 13.9. The second kappa shape index (κ2) is 5.89. The summed E-state index contributed by atoms with van der Waals surface area (Å²) in [5.41, 5.74) is 3.13. The lowest BCUT2D eigenvalue weighted by Crippen LogP contribution is -2.44. The van der Waals surface area contributed by atoms with Crippen molar-refractivity contribution in [3.8, 4) is 0 Å². The third-order valence-corrected chi connectivity index (χ3v) is 2.98. The van der Waals surface area contributed by atoms with Crippen molar-refractivity contribution in [3.05, 3.63) is 29.3 Å². The van der Waals surface area contributed by atoms with Crippen LogP contribution < -0.4 is 5.32 Å². The van der Waals surface area contributed by atoms with Gasteiger partial charge in [-0.05, 0) is 58.7 Å². The second-order valence-corrected chi connectivity index (χ2v) is 5.34. The SMILES string of the molecule is Cc1ccc(C)c(NC(=O)N(C(C)C)C(C)C)c1. The van der Waals surface area contributed by atoms with E-state index >= 15 is 0 Å². The molecule has 2 amide bonds. The number of benzene rings is 1. The number of rotatable bonds is 3. The van der Waals surface area contributed by atoms with Crippen LogP contribution in [0, 0.1) is 13.8 Å². The molecule has 18 heavy (non-hydrogen) atoms. The Morgan fingerprint density at radius 1 is 1.11 bits per heavy atom. The Morgan fingerprint density at radius 2 is 1.67 bits per heavy atom. The highest BCUT2D eigenvalue weighted by atomic mass is 16.2. The lowest BCUT2D eigenvalue weighted by molar-refractivity contribution is 0.178. The molecule has 0 spiro atoms. The number of nitrogens with zero attached hydrogens (tertiary/aromatic N) is 1. The standard InChI is InChI=1S/C15H24N2O/c1-10(2)17(11(3)4)15(18)16-14-9-12(5)7-8-13(14)6/h7-11H,1-6H3,(H,16,18). The second-order valence-electron chi connectivity index (χ2n) is 5.34. The van der Waals surface area contributed by atoms with Gasteiger partial charge in [0.05, 0.1) is 0 Å². The van der Waals surface area contributed by atoms with Gasteiger partial charge < -0.3 is 10.2 Å². The van der Waals surface area contributed by atoms with Gasteiger partial charge >= 0.3 is 6.03 Å². The van der Waals surface area contributed by atoms with Crippen molar-refractivity contribution >= 4 is 11.7 Å². The molecule has 3 heteroatoms. The lowest BCUT2D eigenvalue weighted by atomic mass is 10.1. The summed E-state index contributed by atoms with van der Waals surface area (Å²) in [6.45, 7) is 12.2. The van der Waals surface area contributed by atoms with E-state index in [0.29, 0.717) is 0 Å². The Labute approximate surface area is 110 Å². The maximum atomic E-state index is 12.3. The first-order valence-corrected chi connectivity index (χ1v) is 6.49. The molecule has 0 unspecified atom stereocenters. The number of nitrogens with one attached hydrogen (secondary N) is 1. The van der Waals surface area contributed by atoms with Gasteiger partial charge in [-0.1, -0.05) is 12.1 Å². The van der Waals surface area contributed by atoms with Crippen LogP contribution >= 0.6 is 0 Å². The van der Waals surface area contributed by atoms with Crippen LogP contribution in [-0.4, -0.2) is 23.0 Å². The smallest absolute Gasteiger partial charge is 0.320 e. The molecule has 1 aromatic rings. The summed E-state index contributed by atoms with van der Waals surface area (Å²) in [5.74, 6) is 0. The average molecular weight is 248 g/mol. The Hall–Kier alpha value is -1.51. The van der Waals surface area contributed by atoms with E-state index in [1.54, 1.807) is 0 Å². The van der Waals surface area contributed by atoms with Crippen molar-refractivity contribution < 1.29 is 4.79 Å². The minimum Gasteiger partial charge on any atom is -0.320 e. The molecule has 1 aromatic carbocycles. The van der Waals surface area contributed by atoms with Gasteiger partial charge in [-0.2, -0.15) is 0 Å². The van der Waals surface area contributed by atoms with Gasteiger partial charge in [0.25, 0.3) is 0 Å². The summed E-state index contributed by atoms with van der Waals surface area (Å²) in [7, 11) is 0. The van der Waals surface area contributed by atoms with Crippen LogP contribution in [0.4, 0.5) is 10.5 Å². The molecule has 1 N–H and O–H groups in total. The number of carbonyl (C=O) groups excluding carboxylic acids is 1. The van der Waals surface area contributed by atoms with Gasteiger partial charge in [-0.3, -0.25) is 0 Å². The number of amides is 2. The monoisotopic (exact) mass is 248 g/mol. The highest BCUT2D eigenvalue weighted by Crippen LogP contribution is 2.18. The van der Waals surface area contributed by atoms with E-state index in [2.05, 4.69) is 5.32 Å². The Balaban J connectivity index is 2.89. The molecule has 0 fully saturated rings. The minimum atomic E-state index is -0.0336. The van der Waals surface area contributed by atoms with E-state index in [0.717, 1.165) is 16.8 Å². The van der Waals surface area contributed by atoms with E-state index in [1.165, 1.54) is 0 Å². The van der Waals surface area contributed by atoms with E-state index < -0.39 is 0 Å².